The Hall–Kier alpha value is -3.58. The van der Waals surface area contributed by atoms with Crippen molar-refractivity contribution in [3.63, 3.8) is 0 Å². The Bertz CT molecular complexity index is 1130. The van der Waals surface area contributed by atoms with Gasteiger partial charge in [0.25, 0.3) is 5.70 Å². The van der Waals surface area contributed by atoms with Crippen LogP contribution in [0.15, 0.2) is 73.1 Å². The molecule has 1 aliphatic rings. The lowest BCUT2D eigenvalue weighted by Crippen LogP contribution is -2.41. The summed E-state index contributed by atoms with van der Waals surface area (Å²) >= 11 is 5.72. The van der Waals surface area contributed by atoms with Crippen LogP contribution in [-0.2, 0) is 6.54 Å². The molecular formula is C25H26N3O3S+. The number of aliphatic hydroxyl groups is 1. The topological polar surface area (TPSA) is 57.8 Å². The summed E-state index contributed by atoms with van der Waals surface area (Å²) in [5.74, 6) is 1.33. The molecule has 0 saturated heterocycles. The van der Waals surface area contributed by atoms with Gasteiger partial charge in [0.15, 0.2) is 34.6 Å². The largest absolute Gasteiger partial charge is 0.502 e. The van der Waals surface area contributed by atoms with E-state index in [0.717, 1.165) is 11.3 Å². The van der Waals surface area contributed by atoms with E-state index in [1.54, 1.807) is 18.2 Å². The fraction of sp³-hybridized carbons (Fsp3) is 0.200. The molecule has 2 heterocycles. The average molecular weight is 449 g/mol. The van der Waals surface area contributed by atoms with Crippen LogP contribution in [0.25, 0.3) is 11.5 Å². The molecule has 164 valence electrons. The molecule has 0 unspecified atom stereocenters. The molecule has 7 heteroatoms. The Morgan fingerprint density at radius 1 is 1.00 bits per heavy atom. The van der Waals surface area contributed by atoms with Crippen LogP contribution in [0, 0.1) is 0 Å². The number of aliphatic hydroxyl groups excluding tert-OH is 1. The molecular weight excluding hydrogens is 422 g/mol. The second-order valence-electron chi connectivity index (χ2n) is 7.58. The molecule has 2 N–H and O–H groups in total. The van der Waals surface area contributed by atoms with E-state index in [1.165, 1.54) is 0 Å². The Labute approximate surface area is 193 Å². The van der Waals surface area contributed by atoms with Crippen molar-refractivity contribution in [3.8, 4) is 11.5 Å². The van der Waals surface area contributed by atoms with Crippen LogP contribution in [0.5, 0.6) is 11.5 Å². The van der Waals surface area contributed by atoms with E-state index in [1.807, 2.05) is 78.4 Å². The van der Waals surface area contributed by atoms with Crippen molar-refractivity contribution < 1.29 is 19.1 Å². The highest BCUT2D eigenvalue weighted by atomic mass is 32.1. The monoisotopic (exact) mass is 448 g/mol. The first-order valence-electron chi connectivity index (χ1n) is 10.4. The van der Waals surface area contributed by atoms with Crippen LogP contribution in [0.2, 0.25) is 0 Å². The Balaban J connectivity index is 1.71. The molecule has 0 bridgehead atoms. The second-order valence-corrected chi connectivity index (χ2v) is 7.99. The first-order chi connectivity index (χ1) is 15.5. The van der Waals surface area contributed by atoms with Gasteiger partial charge in [0, 0.05) is 44.0 Å². The van der Waals surface area contributed by atoms with Gasteiger partial charge in [0.2, 0.25) is 0 Å². The highest BCUT2D eigenvalue weighted by Gasteiger charge is 2.25. The minimum atomic E-state index is 0.0511. The average Bonchev–Trinajstić information content (AvgIpc) is 2.83. The van der Waals surface area contributed by atoms with Crippen LogP contribution < -0.4 is 24.3 Å². The molecule has 2 aromatic carbocycles. The summed E-state index contributed by atoms with van der Waals surface area (Å²) in [6, 6.07) is 19.3. The molecule has 6 nitrogen and oxygen atoms in total. The smallest absolute Gasteiger partial charge is 0.288 e. The maximum atomic E-state index is 11.3. The van der Waals surface area contributed by atoms with Crippen LogP contribution in [0.4, 0.5) is 5.69 Å². The number of benzene rings is 2. The minimum Gasteiger partial charge on any atom is -0.502 e. The molecule has 3 aromatic rings. The number of thiocarbonyl (C=S) groups is 1. The number of hydrogen-bond donors (Lipinski definition) is 2. The predicted molar refractivity (Wildman–Crippen MR) is 130 cm³/mol. The zero-order chi connectivity index (χ0) is 22.5. The summed E-state index contributed by atoms with van der Waals surface area (Å²) in [7, 11) is 3.96. The fourth-order valence-corrected chi connectivity index (χ4v) is 3.68. The van der Waals surface area contributed by atoms with Gasteiger partial charge in [0.05, 0.1) is 0 Å². The van der Waals surface area contributed by atoms with Crippen molar-refractivity contribution in [1.82, 2.24) is 5.32 Å². The summed E-state index contributed by atoms with van der Waals surface area (Å²) in [6.45, 7) is 1.54. The lowest BCUT2D eigenvalue weighted by molar-refractivity contribution is -0.575. The van der Waals surface area contributed by atoms with E-state index < -0.39 is 0 Å². The Morgan fingerprint density at radius 3 is 2.38 bits per heavy atom. The predicted octanol–water partition coefficient (Wildman–Crippen LogP) is 3.81. The standard InChI is InChI=1S/C25H25N3O3S/c1-27(2)20-10-12-28(13-11-20)23(25(32)26-17-18-6-4-3-5-7-18)24(29)19-8-9-21-22(16-19)31-15-14-30-21/h3-13,16H,14-15,17H2,1-2H3,(H-,26,29,32)/p+1. The molecule has 0 saturated carbocycles. The van der Waals surface area contributed by atoms with Crippen LogP contribution in [0.1, 0.15) is 11.1 Å². The van der Waals surface area contributed by atoms with E-state index in [2.05, 4.69) is 5.32 Å². The third-order valence-corrected chi connectivity index (χ3v) is 5.47. The van der Waals surface area contributed by atoms with Crippen LogP contribution >= 0.6 is 12.2 Å². The van der Waals surface area contributed by atoms with Gasteiger partial charge in [0.1, 0.15) is 13.2 Å². The molecule has 1 aliphatic heterocycles. The summed E-state index contributed by atoms with van der Waals surface area (Å²) in [4.78, 5) is 2.45. The fourth-order valence-electron chi connectivity index (χ4n) is 3.40. The highest BCUT2D eigenvalue weighted by molar-refractivity contribution is 7.81. The first kappa shape index (κ1) is 21.6. The van der Waals surface area contributed by atoms with E-state index >= 15 is 0 Å². The summed E-state index contributed by atoms with van der Waals surface area (Å²) in [5, 5.41) is 14.6. The highest BCUT2D eigenvalue weighted by Crippen LogP contribution is 2.33. The summed E-state index contributed by atoms with van der Waals surface area (Å²) < 4.78 is 13.1. The normalized spacial score (nSPS) is 13.2. The summed E-state index contributed by atoms with van der Waals surface area (Å²) in [5.41, 5.74) is 3.22. The molecule has 0 atom stereocenters. The van der Waals surface area contributed by atoms with Gasteiger partial charge in [-0.2, -0.15) is 4.57 Å². The number of pyridine rings is 1. The number of anilines is 1. The molecule has 0 spiro atoms. The van der Waals surface area contributed by atoms with Crippen molar-refractivity contribution in [2.24, 2.45) is 0 Å². The zero-order valence-electron chi connectivity index (χ0n) is 18.1. The quantitative estimate of drug-likeness (QED) is 0.259. The third kappa shape index (κ3) is 4.84. The molecule has 0 aliphatic carbocycles. The van der Waals surface area contributed by atoms with Gasteiger partial charge in [-0.25, -0.2) is 0 Å². The number of fused-ring (bicyclic) bond motifs is 1. The lowest BCUT2D eigenvalue weighted by atomic mass is 10.1. The van der Waals surface area contributed by atoms with Crippen molar-refractivity contribution in [3.05, 3.63) is 84.2 Å². The van der Waals surface area contributed by atoms with E-state index in [4.69, 9.17) is 21.7 Å². The Kier molecular flexibility index (Phi) is 6.56. The van der Waals surface area contributed by atoms with Gasteiger partial charge in [-0.3, -0.25) is 0 Å². The van der Waals surface area contributed by atoms with Gasteiger partial charge < -0.3 is 24.8 Å². The van der Waals surface area contributed by atoms with Crippen molar-refractivity contribution in [1.29, 1.82) is 0 Å². The molecule has 32 heavy (non-hydrogen) atoms. The zero-order valence-corrected chi connectivity index (χ0v) is 18.9. The maximum absolute atomic E-state index is 11.3. The Morgan fingerprint density at radius 2 is 1.69 bits per heavy atom. The lowest BCUT2D eigenvalue weighted by Gasteiger charge is -2.19. The van der Waals surface area contributed by atoms with E-state index in [-0.39, 0.29) is 5.76 Å². The molecule has 4 rings (SSSR count). The van der Waals surface area contributed by atoms with Crippen molar-refractivity contribution >= 4 is 34.3 Å². The van der Waals surface area contributed by atoms with E-state index in [9.17, 15) is 5.11 Å². The number of ether oxygens (including phenoxy) is 2. The molecule has 0 radical (unpaired) electrons. The van der Waals surface area contributed by atoms with Gasteiger partial charge in [-0.15, -0.1) is 0 Å². The van der Waals surface area contributed by atoms with E-state index in [0.29, 0.717) is 47.5 Å². The minimum absolute atomic E-state index is 0.0511. The van der Waals surface area contributed by atoms with Gasteiger partial charge in [-0.05, 0) is 23.8 Å². The third-order valence-electron chi connectivity index (χ3n) is 5.14. The number of rotatable bonds is 6. The van der Waals surface area contributed by atoms with Crippen molar-refractivity contribution in [2.45, 2.75) is 6.54 Å². The van der Waals surface area contributed by atoms with Gasteiger partial charge in [-0.1, -0.05) is 42.5 Å². The number of nitrogens with one attached hydrogen (secondary N) is 1. The number of aromatic nitrogens is 1. The summed E-state index contributed by atoms with van der Waals surface area (Å²) in [6.07, 6.45) is 3.77. The number of hydrogen-bond acceptors (Lipinski definition) is 5. The van der Waals surface area contributed by atoms with Crippen molar-refractivity contribution in [2.75, 3.05) is 32.2 Å². The SMILES string of the molecule is CN(C)c1cc[n+](/C(C(=S)NCc2ccccc2)=C(\O)c2ccc3c(c2)OCCO3)cc1. The van der Waals surface area contributed by atoms with Crippen LogP contribution in [0.3, 0.4) is 0 Å². The maximum Gasteiger partial charge on any atom is 0.288 e. The van der Waals surface area contributed by atoms with Crippen LogP contribution in [-0.4, -0.2) is 37.4 Å². The van der Waals surface area contributed by atoms with Gasteiger partial charge >= 0.3 is 0 Å². The number of nitrogens with zero attached hydrogens (tertiary/aromatic N) is 2. The molecule has 0 amide bonds. The second kappa shape index (κ2) is 9.70. The molecule has 0 fully saturated rings. The molecule has 1 aromatic heterocycles. The first-order valence-corrected chi connectivity index (χ1v) is 10.8.